The van der Waals surface area contributed by atoms with E-state index < -0.39 is 18.1 Å². The molecule has 0 saturated heterocycles. The van der Waals surface area contributed by atoms with Gasteiger partial charge >= 0.3 is 5.97 Å². The molecule has 0 radical (unpaired) electrons. The van der Waals surface area contributed by atoms with Gasteiger partial charge in [-0.05, 0) is 18.6 Å². The normalized spacial score (nSPS) is 10.0. The number of methoxy groups -OCH3 is 1. The topological polar surface area (TPSA) is 63.0 Å². The standard InChI is InChI=1S/C10H8F2N2O2/c1-5-3-6(9(11)12)14-7(4-13)8(5)10(15)16-2/h3,9H,1-2H3. The first-order chi connectivity index (χ1) is 7.51. The highest BCUT2D eigenvalue weighted by Crippen LogP contribution is 2.21. The summed E-state index contributed by atoms with van der Waals surface area (Å²) < 4.78 is 29.2. The molecule has 0 spiro atoms. The Kier molecular flexibility index (Phi) is 3.51. The number of rotatable bonds is 2. The quantitative estimate of drug-likeness (QED) is 0.723. The molecule has 84 valence electrons. The van der Waals surface area contributed by atoms with E-state index >= 15 is 0 Å². The van der Waals surface area contributed by atoms with Crippen molar-refractivity contribution in [2.24, 2.45) is 0 Å². The lowest BCUT2D eigenvalue weighted by Crippen LogP contribution is -2.10. The van der Waals surface area contributed by atoms with E-state index in [0.29, 0.717) is 0 Å². The molecule has 0 fully saturated rings. The van der Waals surface area contributed by atoms with Gasteiger partial charge in [-0.1, -0.05) is 0 Å². The molecule has 0 aliphatic carbocycles. The second kappa shape index (κ2) is 4.66. The van der Waals surface area contributed by atoms with Crippen LogP contribution in [0.4, 0.5) is 8.78 Å². The van der Waals surface area contributed by atoms with Crippen molar-refractivity contribution in [1.82, 2.24) is 4.98 Å². The summed E-state index contributed by atoms with van der Waals surface area (Å²) >= 11 is 0. The molecule has 1 aromatic heterocycles. The predicted octanol–water partition coefficient (Wildman–Crippen LogP) is 1.99. The van der Waals surface area contributed by atoms with E-state index in [-0.39, 0.29) is 16.8 Å². The van der Waals surface area contributed by atoms with Crippen LogP contribution in [0.15, 0.2) is 6.07 Å². The minimum atomic E-state index is -2.78. The third kappa shape index (κ3) is 2.14. The highest BCUT2D eigenvalue weighted by atomic mass is 19.3. The van der Waals surface area contributed by atoms with E-state index in [0.717, 1.165) is 13.2 Å². The van der Waals surface area contributed by atoms with Crippen LogP contribution in [-0.4, -0.2) is 18.1 Å². The number of hydrogen-bond acceptors (Lipinski definition) is 4. The molecule has 0 aliphatic rings. The Balaban J connectivity index is 3.42. The fourth-order valence-corrected chi connectivity index (χ4v) is 1.25. The van der Waals surface area contributed by atoms with Crippen molar-refractivity contribution in [3.63, 3.8) is 0 Å². The highest BCUT2D eigenvalue weighted by Gasteiger charge is 2.20. The smallest absolute Gasteiger partial charge is 0.341 e. The van der Waals surface area contributed by atoms with Gasteiger partial charge in [-0.3, -0.25) is 0 Å². The molecule has 0 saturated carbocycles. The van der Waals surface area contributed by atoms with Gasteiger partial charge in [0.1, 0.15) is 11.8 Å². The Hall–Kier alpha value is -2.03. The Bertz CT molecular complexity index is 467. The third-order valence-corrected chi connectivity index (χ3v) is 1.96. The summed E-state index contributed by atoms with van der Waals surface area (Å²) in [5.41, 5.74) is -0.702. The molecule has 16 heavy (non-hydrogen) atoms. The molecule has 0 bridgehead atoms. The number of pyridine rings is 1. The molecule has 0 aliphatic heterocycles. The monoisotopic (exact) mass is 226 g/mol. The van der Waals surface area contributed by atoms with Crippen molar-refractivity contribution in [3.05, 3.63) is 28.6 Å². The SMILES string of the molecule is COC(=O)c1c(C)cc(C(F)F)nc1C#N. The van der Waals surface area contributed by atoms with Crippen LogP contribution in [0.25, 0.3) is 0 Å². The maximum Gasteiger partial charge on any atom is 0.341 e. The maximum atomic E-state index is 12.4. The fourth-order valence-electron chi connectivity index (χ4n) is 1.25. The molecule has 1 heterocycles. The first-order valence-corrected chi connectivity index (χ1v) is 4.29. The van der Waals surface area contributed by atoms with Crippen molar-refractivity contribution >= 4 is 5.97 Å². The van der Waals surface area contributed by atoms with Crippen molar-refractivity contribution in [2.45, 2.75) is 13.3 Å². The zero-order valence-electron chi connectivity index (χ0n) is 8.62. The number of ether oxygens (including phenoxy) is 1. The summed E-state index contributed by atoms with van der Waals surface area (Å²) in [5, 5.41) is 8.73. The van der Waals surface area contributed by atoms with Crippen LogP contribution in [0, 0.1) is 18.3 Å². The molecular formula is C10H8F2N2O2. The second-order valence-corrected chi connectivity index (χ2v) is 2.99. The Morgan fingerprint density at radius 3 is 2.69 bits per heavy atom. The van der Waals surface area contributed by atoms with Gasteiger partial charge in [-0.25, -0.2) is 18.6 Å². The number of nitrogens with zero attached hydrogens (tertiary/aromatic N) is 2. The summed E-state index contributed by atoms with van der Waals surface area (Å²) in [4.78, 5) is 14.7. The van der Waals surface area contributed by atoms with Crippen LogP contribution >= 0.6 is 0 Å². The zero-order valence-corrected chi connectivity index (χ0v) is 8.62. The second-order valence-electron chi connectivity index (χ2n) is 2.99. The third-order valence-electron chi connectivity index (χ3n) is 1.96. The fraction of sp³-hybridized carbons (Fsp3) is 0.300. The highest BCUT2D eigenvalue weighted by molar-refractivity contribution is 5.93. The van der Waals surface area contributed by atoms with E-state index in [1.165, 1.54) is 6.92 Å². The molecule has 0 unspecified atom stereocenters. The lowest BCUT2D eigenvalue weighted by atomic mass is 10.1. The van der Waals surface area contributed by atoms with Crippen LogP contribution in [-0.2, 0) is 4.74 Å². The van der Waals surface area contributed by atoms with Crippen LogP contribution in [0.1, 0.15) is 33.7 Å². The number of aromatic nitrogens is 1. The number of esters is 1. The van der Waals surface area contributed by atoms with Crippen LogP contribution in [0.2, 0.25) is 0 Å². The van der Waals surface area contributed by atoms with E-state index in [1.807, 2.05) is 0 Å². The summed E-state index contributed by atoms with van der Waals surface area (Å²) in [7, 11) is 1.14. The van der Waals surface area contributed by atoms with Crippen molar-refractivity contribution in [3.8, 4) is 6.07 Å². The molecule has 4 nitrogen and oxygen atoms in total. The molecule has 1 aromatic rings. The van der Waals surface area contributed by atoms with Crippen molar-refractivity contribution < 1.29 is 18.3 Å². The molecule has 0 aromatic carbocycles. The van der Waals surface area contributed by atoms with Gasteiger partial charge in [0.25, 0.3) is 6.43 Å². The molecular weight excluding hydrogens is 218 g/mol. The minimum Gasteiger partial charge on any atom is -0.465 e. The average molecular weight is 226 g/mol. The summed E-state index contributed by atoms with van der Waals surface area (Å²) in [6, 6.07) is 2.67. The van der Waals surface area contributed by atoms with E-state index in [9.17, 15) is 13.6 Å². The van der Waals surface area contributed by atoms with Gasteiger partial charge in [-0.2, -0.15) is 5.26 Å². The lowest BCUT2D eigenvalue weighted by Gasteiger charge is -2.07. The minimum absolute atomic E-state index is 0.0746. The number of carbonyl (C=O) groups excluding carboxylic acids is 1. The van der Waals surface area contributed by atoms with Gasteiger partial charge in [0.15, 0.2) is 5.69 Å². The van der Waals surface area contributed by atoms with Crippen LogP contribution in [0.5, 0.6) is 0 Å². The van der Waals surface area contributed by atoms with Crippen LogP contribution in [0.3, 0.4) is 0 Å². The average Bonchev–Trinajstić information content (AvgIpc) is 2.26. The largest absolute Gasteiger partial charge is 0.465 e. The maximum absolute atomic E-state index is 12.4. The first-order valence-electron chi connectivity index (χ1n) is 4.29. The number of carbonyl (C=O) groups is 1. The number of nitriles is 1. The number of alkyl halides is 2. The molecule has 0 atom stereocenters. The van der Waals surface area contributed by atoms with Gasteiger partial charge in [0.2, 0.25) is 0 Å². The van der Waals surface area contributed by atoms with E-state index in [4.69, 9.17) is 5.26 Å². The first kappa shape index (κ1) is 12.0. The number of halogens is 2. The van der Waals surface area contributed by atoms with E-state index in [2.05, 4.69) is 9.72 Å². The Labute approximate surface area is 90.5 Å². The summed E-state index contributed by atoms with van der Waals surface area (Å²) in [6.07, 6.45) is -2.78. The van der Waals surface area contributed by atoms with Gasteiger partial charge < -0.3 is 4.74 Å². The van der Waals surface area contributed by atoms with Crippen molar-refractivity contribution in [1.29, 1.82) is 5.26 Å². The molecule has 0 amide bonds. The molecule has 6 heteroatoms. The number of hydrogen-bond donors (Lipinski definition) is 0. The summed E-state index contributed by atoms with van der Waals surface area (Å²) in [5.74, 6) is -0.762. The van der Waals surface area contributed by atoms with Gasteiger partial charge in [0.05, 0.1) is 12.7 Å². The lowest BCUT2D eigenvalue weighted by molar-refractivity contribution is 0.0598. The van der Waals surface area contributed by atoms with E-state index in [1.54, 1.807) is 6.07 Å². The molecule has 0 N–H and O–H groups in total. The number of aryl methyl sites for hydroxylation is 1. The van der Waals surface area contributed by atoms with Crippen LogP contribution < -0.4 is 0 Å². The Morgan fingerprint density at radius 1 is 1.62 bits per heavy atom. The Morgan fingerprint density at radius 2 is 2.25 bits per heavy atom. The van der Waals surface area contributed by atoms with Gasteiger partial charge in [-0.15, -0.1) is 0 Å². The zero-order chi connectivity index (χ0) is 12.3. The summed E-state index contributed by atoms with van der Waals surface area (Å²) in [6.45, 7) is 1.45. The predicted molar refractivity (Wildman–Crippen MR) is 50.0 cm³/mol. The molecule has 1 rings (SSSR count). The van der Waals surface area contributed by atoms with Gasteiger partial charge in [0, 0.05) is 0 Å². The van der Waals surface area contributed by atoms with Crippen molar-refractivity contribution in [2.75, 3.05) is 7.11 Å².